The van der Waals surface area contributed by atoms with E-state index < -0.39 is 0 Å². The zero-order valence-electron chi connectivity index (χ0n) is 5.12. The first-order chi connectivity index (χ1) is 3.93. The summed E-state index contributed by atoms with van der Waals surface area (Å²) in [5.74, 6) is 0. The highest BCUT2D eigenvalue weighted by Crippen LogP contribution is 1.72. The van der Waals surface area contributed by atoms with E-state index >= 15 is 0 Å². The summed E-state index contributed by atoms with van der Waals surface area (Å²) in [6.07, 6.45) is 3.67. The average molecular weight is 237 g/mol. The van der Waals surface area contributed by atoms with Gasteiger partial charge in [-0.1, -0.05) is 6.07 Å². The Labute approximate surface area is 71.4 Å². The van der Waals surface area contributed by atoms with Gasteiger partial charge in [0.05, 0.1) is 0 Å². The summed E-state index contributed by atoms with van der Waals surface area (Å²) in [6, 6.07) is 5.75. The largest absolute Gasteiger partial charge is 1.00 e. The summed E-state index contributed by atoms with van der Waals surface area (Å²) >= 11 is 0. The molecule has 1 aromatic heterocycles. The van der Waals surface area contributed by atoms with Gasteiger partial charge >= 0.3 is 0 Å². The molecule has 0 saturated heterocycles. The molecule has 0 spiro atoms. The molecule has 0 aliphatic heterocycles. The zero-order chi connectivity index (χ0) is 5.82. The normalized spacial score (nSPS) is 7.67. The minimum absolute atomic E-state index is 0. The highest BCUT2D eigenvalue weighted by atomic mass is 127. The van der Waals surface area contributed by atoms with Crippen LogP contribution in [0.4, 0.5) is 0 Å². The highest BCUT2D eigenvalue weighted by molar-refractivity contribution is 4.83. The number of halogens is 1. The van der Waals surface area contributed by atoms with E-state index in [4.69, 9.17) is 4.84 Å². The van der Waals surface area contributed by atoms with Gasteiger partial charge in [0.2, 0.25) is 12.4 Å². The average Bonchev–Trinajstić information content (AvgIpc) is 1.90. The standard InChI is InChI=1S/C6H8NO.HI/c1-8-7-5-3-2-4-6-7;/h2-6H,1H3;1H/q+1;/p-1. The Morgan fingerprint density at radius 1 is 1.11 bits per heavy atom. The smallest absolute Gasteiger partial charge is 0.222 e. The number of aromatic nitrogens is 1. The minimum Gasteiger partial charge on any atom is -1.00 e. The fourth-order valence-corrected chi connectivity index (χ4v) is 0.505. The number of pyridine rings is 1. The second-order valence-electron chi connectivity index (χ2n) is 1.42. The van der Waals surface area contributed by atoms with Crippen LogP contribution in [0.2, 0.25) is 0 Å². The predicted molar refractivity (Wildman–Crippen MR) is 29.1 cm³/mol. The molecule has 0 N–H and O–H groups in total. The maximum absolute atomic E-state index is 4.83. The maximum atomic E-state index is 4.83. The van der Waals surface area contributed by atoms with Crippen LogP contribution >= 0.6 is 0 Å². The third-order valence-electron chi connectivity index (χ3n) is 0.899. The molecule has 0 amide bonds. The number of rotatable bonds is 1. The number of hydrogen-bond acceptors (Lipinski definition) is 1. The van der Waals surface area contributed by atoms with E-state index in [0.29, 0.717) is 0 Å². The van der Waals surface area contributed by atoms with Gasteiger partial charge in [0.15, 0.2) is 0 Å². The summed E-state index contributed by atoms with van der Waals surface area (Å²) in [5, 5.41) is 0. The molecule has 1 heterocycles. The zero-order valence-corrected chi connectivity index (χ0v) is 7.28. The lowest BCUT2D eigenvalue weighted by Crippen LogP contribution is -3.00. The first-order valence-electron chi connectivity index (χ1n) is 2.44. The van der Waals surface area contributed by atoms with E-state index in [-0.39, 0.29) is 24.0 Å². The Hall–Kier alpha value is -0.320. The molecule has 0 fully saturated rings. The van der Waals surface area contributed by atoms with Gasteiger partial charge in [-0.25, -0.2) is 0 Å². The van der Waals surface area contributed by atoms with Gasteiger partial charge in [0.1, 0.15) is 7.11 Å². The van der Waals surface area contributed by atoms with Crippen LogP contribution in [0.15, 0.2) is 30.6 Å². The lowest BCUT2D eigenvalue weighted by molar-refractivity contribution is -0.885. The molecule has 0 atom stereocenters. The molecule has 0 aliphatic carbocycles. The van der Waals surface area contributed by atoms with Crippen LogP contribution in [-0.2, 0) is 0 Å². The van der Waals surface area contributed by atoms with Crippen LogP contribution in [0.5, 0.6) is 0 Å². The first-order valence-corrected chi connectivity index (χ1v) is 2.44. The molecule has 1 aromatic rings. The van der Waals surface area contributed by atoms with Gasteiger partial charge in [-0.3, -0.25) is 4.84 Å². The summed E-state index contributed by atoms with van der Waals surface area (Å²) < 4.78 is 1.62. The van der Waals surface area contributed by atoms with Gasteiger partial charge in [-0.05, 0) is 0 Å². The van der Waals surface area contributed by atoms with E-state index in [1.165, 1.54) is 0 Å². The van der Waals surface area contributed by atoms with Gasteiger partial charge in [-0.15, -0.1) is 0 Å². The molecule has 50 valence electrons. The van der Waals surface area contributed by atoms with Crippen molar-refractivity contribution in [2.24, 2.45) is 0 Å². The van der Waals surface area contributed by atoms with Crippen molar-refractivity contribution in [3.05, 3.63) is 30.6 Å². The topological polar surface area (TPSA) is 13.1 Å². The second-order valence-corrected chi connectivity index (χ2v) is 1.42. The molecule has 0 aliphatic rings. The lowest BCUT2D eigenvalue weighted by atomic mass is 10.5. The summed E-state index contributed by atoms with van der Waals surface area (Å²) in [7, 11) is 1.62. The van der Waals surface area contributed by atoms with Gasteiger partial charge < -0.3 is 24.0 Å². The monoisotopic (exact) mass is 237 g/mol. The van der Waals surface area contributed by atoms with Crippen molar-refractivity contribution in [1.82, 2.24) is 0 Å². The summed E-state index contributed by atoms with van der Waals surface area (Å²) in [5.41, 5.74) is 0. The first kappa shape index (κ1) is 8.68. The molecular weight excluding hydrogens is 229 g/mol. The fraction of sp³-hybridized carbons (Fsp3) is 0.167. The molecule has 3 heteroatoms. The van der Waals surface area contributed by atoms with Crippen LogP contribution < -0.4 is 33.5 Å². The Bertz CT molecular complexity index is 154. The van der Waals surface area contributed by atoms with Crippen molar-refractivity contribution in [2.45, 2.75) is 0 Å². The Morgan fingerprint density at radius 2 is 1.67 bits per heavy atom. The molecule has 9 heavy (non-hydrogen) atoms. The molecule has 0 aromatic carbocycles. The summed E-state index contributed by atoms with van der Waals surface area (Å²) in [4.78, 5) is 4.83. The minimum atomic E-state index is 0. The molecule has 1 rings (SSSR count). The Kier molecular flexibility index (Phi) is 4.39. The fourth-order valence-electron chi connectivity index (χ4n) is 0.505. The quantitative estimate of drug-likeness (QED) is 0.375. The third-order valence-corrected chi connectivity index (χ3v) is 0.899. The predicted octanol–water partition coefficient (Wildman–Crippen LogP) is -2.96. The van der Waals surface area contributed by atoms with Crippen molar-refractivity contribution in [3.63, 3.8) is 0 Å². The molecule has 0 saturated carbocycles. The molecule has 0 unspecified atom stereocenters. The summed E-state index contributed by atoms with van der Waals surface area (Å²) in [6.45, 7) is 0. The van der Waals surface area contributed by atoms with Crippen molar-refractivity contribution < 1.29 is 33.5 Å². The molecule has 0 radical (unpaired) electrons. The van der Waals surface area contributed by atoms with Crippen molar-refractivity contribution in [3.8, 4) is 0 Å². The van der Waals surface area contributed by atoms with Crippen LogP contribution in [0.1, 0.15) is 0 Å². The van der Waals surface area contributed by atoms with E-state index in [9.17, 15) is 0 Å². The van der Waals surface area contributed by atoms with Gasteiger partial charge in [0.25, 0.3) is 0 Å². The Morgan fingerprint density at radius 3 is 2.00 bits per heavy atom. The van der Waals surface area contributed by atoms with Crippen molar-refractivity contribution in [1.29, 1.82) is 0 Å². The Balaban J connectivity index is 0.000000640. The number of nitrogens with zero attached hydrogens (tertiary/aromatic N) is 1. The van der Waals surface area contributed by atoms with Crippen LogP contribution in [0, 0.1) is 0 Å². The van der Waals surface area contributed by atoms with Crippen LogP contribution in [0.3, 0.4) is 0 Å². The third kappa shape index (κ3) is 2.64. The highest BCUT2D eigenvalue weighted by Gasteiger charge is 1.88. The van der Waals surface area contributed by atoms with E-state index in [2.05, 4.69) is 0 Å². The van der Waals surface area contributed by atoms with Crippen LogP contribution in [-0.4, -0.2) is 7.11 Å². The van der Waals surface area contributed by atoms with Gasteiger partial charge in [-0.2, -0.15) is 0 Å². The molecule has 0 bridgehead atoms. The lowest BCUT2D eigenvalue weighted by Gasteiger charge is -1.84. The van der Waals surface area contributed by atoms with Crippen molar-refractivity contribution >= 4 is 0 Å². The van der Waals surface area contributed by atoms with E-state index in [0.717, 1.165) is 0 Å². The van der Waals surface area contributed by atoms with Crippen molar-refractivity contribution in [2.75, 3.05) is 7.11 Å². The number of hydrogen-bond donors (Lipinski definition) is 0. The maximum Gasteiger partial charge on any atom is 0.222 e. The van der Waals surface area contributed by atoms with E-state index in [1.807, 2.05) is 30.6 Å². The second kappa shape index (κ2) is 4.55. The molecular formula is C6H8INO. The SMILES string of the molecule is CO[n+]1ccccc1.[I-]. The van der Waals surface area contributed by atoms with Crippen LogP contribution in [0.25, 0.3) is 0 Å². The van der Waals surface area contributed by atoms with E-state index in [1.54, 1.807) is 11.8 Å². The van der Waals surface area contributed by atoms with Gasteiger partial charge in [0, 0.05) is 16.9 Å². The molecule has 2 nitrogen and oxygen atoms in total.